The molecule has 0 spiro atoms. The average Bonchev–Trinajstić information content (AvgIpc) is 3.31. The van der Waals surface area contributed by atoms with Crippen LogP contribution in [-0.2, 0) is 22.6 Å². The van der Waals surface area contributed by atoms with E-state index in [0.29, 0.717) is 23.3 Å². The number of aliphatic hydroxyl groups is 1. The maximum Gasteiger partial charge on any atom is 0.295 e. The van der Waals surface area contributed by atoms with Crippen LogP contribution >= 0.6 is 0 Å². The smallest absolute Gasteiger partial charge is 0.295 e. The lowest BCUT2D eigenvalue weighted by Gasteiger charge is -2.25. The number of carbonyl (C=O) groups excluding carboxylic acids is 2. The van der Waals surface area contributed by atoms with Crippen LogP contribution in [0.4, 0.5) is 8.78 Å². The van der Waals surface area contributed by atoms with E-state index in [4.69, 9.17) is 4.74 Å². The van der Waals surface area contributed by atoms with Crippen LogP contribution in [0.2, 0.25) is 0 Å². The second-order valence-corrected chi connectivity index (χ2v) is 8.53. The van der Waals surface area contributed by atoms with Crippen molar-refractivity contribution in [3.63, 3.8) is 0 Å². The lowest BCUT2D eigenvalue weighted by atomic mass is 9.94. The number of likely N-dealkylation sites (tertiary alicyclic amines) is 1. The molecule has 2 unspecified atom stereocenters. The summed E-state index contributed by atoms with van der Waals surface area (Å²) in [4.78, 5) is 27.4. The van der Waals surface area contributed by atoms with E-state index in [0.717, 1.165) is 5.56 Å². The molecule has 0 bridgehead atoms. The van der Waals surface area contributed by atoms with Crippen LogP contribution in [0, 0.1) is 11.6 Å². The number of amides is 1. The zero-order chi connectivity index (χ0) is 24.0. The Hall–Kier alpha value is -4.00. The van der Waals surface area contributed by atoms with Crippen LogP contribution in [0.25, 0.3) is 5.76 Å². The summed E-state index contributed by atoms with van der Waals surface area (Å²) in [5.41, 5.74) is 1.68. The molecule has 0 aliphatic carbocycles. The first-order valence-electron chi connectivity index (χ1n) is 10.9. The third kappa shape index (κ3) is 3.73. The standard InChI is InChI=1S/C27H21F2NO4/c1-15-12-18-13-17(8-11-22(18)34-15)25(31)23-24(20-4-2-3-5-21(20)29)30(27(33)26(23)32)14-16-6-9-19(28)10-7-16/h2-11,13,15,24,31H,12,14H2,1H3/b25-23+. The number of Topliss-reactive ketones (excluding diaryl/α,β-unsaturated/α-hetero) is 1. The molecule has 2 aliphatic heterocycles. The minimum Gasteiger partial charge on any atom is -0.507 e. The van der Waals surface area contributed by atoms with Crippen LogP contribution < -0.4 is 4.74 Å². The predicted octanol–water partition coefficient (Wildman–Crippen LogP) is 4.91. The van der Waals surface area contributed by atoms with Gasteiger partial charge in [-0.1, -0.05) is 30.3 Å². The minimum atomic E-state index is -1.14. The lowest BCUT2D eigenvalue weighted by Crippen LogP contribution is -2.29. The molecule has 0 aromatic heterocycles. The predicted molar refractivity (Wildman–Crippen MR) is 121 cm³/mol. The van der Waals surface area contributed by atoms with Gasteiger partial charge in [-0.05, 0) is 54.4 Å². The lowest BCUT2D eigenvalue weighted by molar-refractivity contribution is -0.140. The van der Waals surface area contributed by atoms with E-state index in [1.807, 2.05) is 6.92 Å². The van der Waals surface area contributed by atoms with Crippen molar-refractivity contribution in [2.24, 2.45) is 0 Å². The van der Waals surface area contributed by atoms with Crippen molar-refractivity contribution in [2.75, 3.05) is 0 Å². The number of halogens is 2. The van der Waals surface area contributed by atoms with Gasteiger partial charge in [0, 0.05) is 24.1 Å². The van der Waals surface area contributed by atoms with Gasteiger partial charge < -0.3 is 14.7 Å². The number of hydrogen-bond donors (Lipinski definition) is 1. The van der Waals surface area contributed by atoms with Gasteiger partial charge in [0.1, 0.15) is 29.2 Å². The Morgan fingerprint density at radius 1 is 1.06 bits per heavy atom. The van der Waals surface area contributed by atoms with E-state index in [2.05, 4.69) is 0 Å². The number of hydrogen-bond acceptors (Lipinski definition) is 4. The van der Waals surface area contributed by atoms with Crippen molar-refractivity contribution in [3.8, 4) is 5.75 Å². The van der Waals surface area contributed by atoms with Crippen molar-refractivity contribution >= 4 is 17.4 Å². The molecule has 172 valence electrons. The van der Waals surface area contributed by atoms with Crippen molar-refractivity contribution in [1.29, 1.82) is 0 Å². The first-order chi connectivity index (χ1) is 16.3. The highest BCUT2D eigenvalue weighted by atomic mass is 19.1. The molecule has 34 heavy (non-hydrogen) atoms. The van der Waals surface area contributed by atoms with E-state index in [9.17, 15) is 23.5 Å². The van der Waals surface area contributed by atoms with Gasteiger partial charge >= 0.3 is 0 Å². The molecule has 0 saturated carbocycles. The van der Waals surface area contributed by atoms with E-state index in [1.165, 1.54) is 47.4 Å². The van der Waals surface area contributed by atoms with Gasteiger partial charge in [-0.2, -0.15) is 0 Å². The fraction of sp³-hybridized carbons (Fsp3) is 0.185. The second kappa shape index (κ2) is 8.41. The van der Waals surface area contributed by atoms with Crippen molar-refractivity contribution in [1.82, 2.24) is 4.90 Å². The highest BCUT2D eigenvalue weighted by Gasteiger charge is 2.47. The normalized spacial score (nSPS) is 21.0. The minimum absolute atomic E-state index is 0.00731. The van der Waals surface area contributed by atoms with Gasteiger partial charge in [0.2, 0.25) is 0 Å². The molecule has 3 aromatic rings. The number of carbonyl (C=O) groups is 2. The fourth-order valence-electron chi connectivity index (χ4n) is 4.57. The molecule has 2 heterocycles. The van der Waals surface area contributed by atoms with E-state index < -0.39 is 29.4 Å². The van der Waals surface area contributed by atoms with Crippen LogP contribution in [0.15, 0.2) is 72.3 Å². The first kappa shape index (κ1) is 21.8. The molecule has 1 fully saturated rings. The number of ether oxygens (including phenoxy) is 1. The van der Waals surface area contributed by atoms with Gasteiger partial charge in [0.05, 0.1) is 11.6 Å². The monoisotopic (exact) mass is 461 g/mol. The molecule has 1 N–H and O–H groups in total. The quantitative estimate of drug-likeness (QED) is 0.341. The molecular weight excluding hydrogens is 440 g/mol. The Morgan fingerprint density at radius 3 is 2.53 bits per heavy atom. The third-order valence-electron chi connectivity index (χ3n) is 6.18. The number of ketones is 1. The SMILES string of the molecule is CC1Cc2cc(/C(O)=C3\C(=O)C(=O)N(Cc4ccc(F)cc4)C3c3ccccc3F)ccc2O1. The van der Waals surface area contributed by atoms with Crippen LogP contribution in [0.1, 0.15) is 35.2 Å². The van der Waals surface area contributed by atoms with Gasteiger partial charge in [-0.3, -0.25) is 9.59 Å². The topological polar surface area (TPSA) is 66.8 Å². The summed E-state index contributed by atoms with van der Waals surface area (Å²) in [6.45, 7) is 1.87. The maximum atomic E-state index is 14.9. The maximum absolute atomic E-state index is 14.9. The molecule has 2 atom stereocenters. The third-order valence-corrected chi connectivity index (χ3v) is 6.18. The van der Waals surface area contributed by atoms with Gasteiger partial charge in [-0.25, -0.2) is 8.78 Å². The van der Waals surface area contributed by atoms with Crippen LogP contribution in [0.3, 0.4) is 0 Å². The number of rotatable bonds is 4. The molecule has 1 amide bonds. The number of fused-ring (bicyclic) bond motifs is 1. The Morgan fingerprint density at radius 2 is 1.79 bits per heavy atom. The molecule has 3 aromatic carbocycles. The first-order valence-corrected chi connectivity index (χ1v) is 10.9. The largest absolute Gasteiger partial charge is 0.507 e. The fourth-order valence-corrected chi connectivity index (χ4v) is 4.57. The van der Waals surface area contributed by atoms with E-state index in [-0.39, 0.29) is 29.5 Å². The Bertz CT molecular complexity index is 1330. The van der Waals surface area contributed by atoms with E-state index >= 15 is 0 Å². The zero-order valence-corrected chi connectivity index (χ0v) is 18.3. The number of benzene rings is 3. The molecule has 0 radical (unpaired) electrons. The summed E-state index contributed by atoms with van der Waals surface area (Å²) in [7, 11) is 0. The summed E-state index contributed by atoms with van der Waals surface area (Å²) in [6, 6.07) is 15.2. The highest BCUT2D eigenvalue weighted by Crippen LogP contribution is 2.42. The Balaban J connectivity index is 1.63. The van der Waals surface area contributed by atoms with Crippen molar-refractivity contribution in [2.45, 2.75) is 32.0 Å². The summed E-state index contributed by atoms with van der Waals surface area (Å²) < 4.78 is 34.0. The van der Waals surface area contributed by atoms with Gasteiger partial charge in [0.15, 0.2) is 0 Å². The molecule has 1 saturated heterocycles. The number of nitrogens with zero attached hydrogens (tertiary/aromatic N) is 1. The molecule has 2 aliphatic rings. The Kier molecular flexibility index (Phi) is 5.40. The summed E-state index contributed by atoms with van der Waals surface area (Å²) in [6.07, 6.45) is 0.638. The highest BCUT2D eigenvalue weighted by molar-refractivity contribution is 6.46. The summed E-state index contributed by atoms with van der Waals surface area (Å²) >= 11 is 0. The summed E-state index contributed by atoms with van der Waals surface area (Å²) in [5.74, 6) is -2.50. The van der Waals surface area contributed by atoms with Crippen molar-refractivity contribution < 1.29 is 28.2 Å². The molecular formula is C27H21F2NO4. The second-order valence-electron chi connectivity index (χ2n) is 8.53. The zero-order valence-electron chi connectivity index (χ0n) is 18.3. The van der Waals surface area contributed by atoms with Crippen molar-refractivity contribution in [3.05, 3.63) is 106 Å². The summed E-state index contributed by atoms with van der Waals surface area (Å²) in [5, 5.41) is 11.2. The van der Waals surface area contributed by atoms with Gasteiger partial charge in [-0.15, -0.1) is 0 Å². The molecule has 7 heteroatoms. The van der Waals surface area contributed by atoms with Gasteiger partial charge in [0.25, 0.3) is 11.7 Å². The molecule has 5 rings (SSSR count). The van der Waals surface area contributed by atoms with Crippen LogP contribution in [0.5, 0.6) is 5.75 Å². The van der Waals surface area contributed by atoms with Crippen LogP contribution in [-0.4, -0.2) is 27.8 Å². The van der Waals surface area contributed by atoms with E-state index in [1.54, 1.807) is 24.3 Å². The molecule has 5 nitrogen and oxygen atoms in total. The number of aliphatic hydroxyl groups excluding tert-OH is 1. The Labute approximate surface area is 194 Å². The average molecular weight is 461 g/mol.